The standard InChI is InChI=1S/2C37H40N4O.C36H39N5O.ClH/c2*1-5-26-10-9-13-30(22-26)41-35(20-25(2)39-41)36(42)23-28-11-8-12-29(21-28)37(38-24-27-16-17-27)33-18-19-34(40(3)4)32-15-7-6-14-31(32)33;1-24-18-34(41(39-24)29-11-7-9-27(20-29)22-37)35(42)21-26-8-6-10-28(19-26)36(38-23-25-14-15-25)32-16-17-33(40(2)3)31-13-5-4-12-30(31)32;/h2*6-15,18-22,27,37-38H,5,16-17,23-24H2,1-4H3;4-13,16-20,25,36,38H,14-15,21-23,37H2,1-3H3;1H. The fourth-order valence-electron chi connectivity index (χ4n) is 17.7. The quantitative estimate of drug-likeness (QED) is 0.0286. The predicted molar refractivity (Wildman–Crippen MR) is 525 cm³/mol. The molecule has 3 heterocycles. The SMILES string of the molecule is CCc1cccc(-n2nc(C)cc2C(=O)Cc2cccc(C(NCC3CC3)c3ccc(N(C)C)c4ccccc34)c2)c1.CCc1cccc(-n2nc(C)cc2C(=O)Cc2cccc(C(NCC3CC3)c3ccc(N(C)C)c4ccccc34)c2)c1.Cc1cc(C(=O)Cc2cccc(C(NCC3CC3)c3ccc(N(C)C)c4ccccc34)c2)n(-c2cccc(CN)c2)n1.Cl. The van der Waals surface area contributed by atoms with Crippen molar-refractivity contribution in [3.63, 3.8) is 0 Å². The number of fused-ring (bicyclic) bond motifs is 3. The fourth-order valence-corrected chi connectivity index (χ4v) is 17.7. The number of aryl methyl sites for hydroxylation is 5. The van der Waals surface area contributed by atoms with Gasteiger partial charge in [-0.1, -0.05) is 214 Å². The minimum absolute atomic E-state index is 0. The van der Waals surface area contributed by atoms with Gasteiger partial charge in [0.05, 0.1) is 52.3 Å². The van der Waals surface area contributed by atoms with E-state index in [1.807, 2.05) is 87.5 Å². The van der Waals surface area contributed by atoms with Gasteiger partial charge < -0.3 is 36.4 Å². The third-order valence-corrected chi connectivity index (χ3v) is 24.9. The van der Waals surface area contributed by atoms with E-state index in [4.69, 9.17) is 5.73 Å². The van der Waals surface area contributed by atoms with Crippen LogP contribution in [0.4, 0.5) is 17.1 Å². The number of carbonyl (C=O) groups is 3. The molecule has 16 nitrogen and oxygen atoms in total. The van der Waals surface area contributed by atoms with Crippen LogP contribution in [0.3, 0.4) is 0 Å². The Morgan fingerprint density at radius 2 is 0.606 bits per heavy atom. The molecule has 3 fully saturated rings. The lowest BCUT2D eigenvalue weighted by Gasteiger charge is -2.24. The zero-order chi connectivity index (χ0) is 87.6. The molecule has 3 unspecified atom stereocenters. The lowest BCUT2D eigenvalue weighted by Crippen LogP contribution is -2.25. The van der Waals surface area contributed by atoms with Gasteiger partial charge in [0.15, 0.2) is 17.3 Å². The Morgan fingerprint density at radius 1 is 0.339 bits per heavy atom. The van der Waals surface area contributed by atoms with Crippen molar-refractivity contribution in [1.82, 2.24) is 45.3 Å². The average molecular weight is 1710 g/mol. The van der Waals surface area contributed by atoms with Gasteiger partial charge in [-0.2, -0.15) is 15.3 Å². The summed E-state index contributed by atoms with van der Waals surface area (Å²) in [5.41, 5.74) is 30.3. The number of anilines is 3. The number of hydrogen-bond donors (Lipinski definition) is 4. The third-order valence-electron chi connectivity index (χ3n) is 24.9. The summed E-state index contributed by atoms with van der Waals surface area (Å²) in [6.07, 6.45) is 10.6. The first-order chi connectivity index (χ1) is 61.2. The Balaban J connectivity index is 0.000000146. The molecule has 5 N–H and O–H groups in total. The average Bonchev–Trinajstić information content (AvgIpc) is 1.57. The van der Waals surface area contributed by atoms with Crippen molar-refractivity contribution in [1.29, 1.82) is 0 Å². The molecule has 18 rings (SSSR count). The number of nitrogens with one attached hydrogen (secondary N) is 3. The van der Waals surface area contributed by atoms with Crippen molar-refractivity contribution in [2.24, 2.45) is 23.5 Å². The number of nitrogens with zero attached hydrogens (tertiary/aromatic N) is 9. The number of carbonyl (C=O) groups excluding carboxylic acids is 3. The summed E-state index contributed by atoms with van der Waals surface area (Å²) in [6, 6.07) is 95.3. The molecule has 0 spiro atoms. The first kappa shape index (κ1) is 89.4. The van der Waals surface area contributed by atoms with E-state index in [9.17, 15) is 14.4 Å². The van der Waals surface area contributed by atoms with Crippen LogP contribution in [-0.4, -0.2) is 109 Å². The van der Waals surface area contributed by atoms with Crippen molar-refractivity contribution in [2.45, 2.75) is 130 Å². The van der Waals surface area contributed by atoms with Crippen LogP contribution in [-0.2, 0) is 38.6 Å². The Hall–Kier alpha value is -12.4. The molecule has 3 aromatic heterocycles. The third kappa shape index (κ3) is 21.3. The van der Waals surface area contributed by atoms with Gasteiger partial charge in [-0.3, -0.25) is 14.4 Å². The number of rotatable bonds is 33. The molecule has 12 aromatic carbocycles. The van der Waals surface area contributed by atoms with E-state index in [1.54, 1.807) is 14.0 Å². The second-order valence-electron chi connectivity index (χ2n) is 35.4. The molecular formula is C110H120ClN13O3. The minimum atomic E-state index is 0. The summed E-state index contributed by atoms with van der Waals surface area (Å²) in [5, 5.41) is 33.2. The van der Waals surface area contributed by atoms with Crippen molar-refractivity contribution >= 4 is 79.1 Å². The molecule has 17 heteroatoms. The summed E-state index contributed by atoms with van der Waals surface area (Å²) < 4.78 is 5.36. The van der Waals surface area contributed by atoms with Gasteiger partial charge in [0, 0.05) is 101 Å². The van der Waals surface area contributed by atoms with Gasteiger partial charge in [0.2, 0.25) is 0 Å². The molecule has 3 aliphatic carbocycles. The van der Waals surface area contributed by atoms with E-state index in [-0.39, 0.29) is 47.9 Å². The molecule has 3 aliphatic rings. The highest BCUT2D eigenvalue weighted by molar-refractivity contribution is 6.01. The van der Waals surface area contributed by atoms with E-state index in [1.165, 1.54) is 132 Å². The fraction of sp³-hybridized carbons (Fsp3) is 0.291. The Bertz CT molecular complexity index is 5810. The van der Waals surface area contributed by atoms with Gasteiger partial charge in [0.25, 0.3) is 0 Å². The van der Waals surface area contributed by atoms with E-state index in [0.717, 1.165) is 107 Å². The van der Waals surface area contributed by atoms with Crippen LogP contribution < -0.4 is 36.4 Å². The number of ketones is 3. The summed E-state index contributed by atoms with van der Waals surface area (Å²) in [6.45, 7) is 13.5. The number of Topliss-reactive ketones (excluding diaryl/α,β-unsaturated/α-hetero) is 3. The van der Waals surface area contributed by atoms with E-state index >= 15 is 0 Å². The highest BCUT2D eigenvalue weighted by Crippen LogP contribution is 2.41. The van der Waals surface area contributed by atoms with Crippen LogP contribution in [0.2, 0.25) is 0 Å². The van der Waals surface area contributed by atoms with Gasteiger partial charge in [-0.15, -0.1) is 12.4 Å². The molecule has 0 aliphatic heterocycles. The Morgan fingerprint density at radius 3 is 0.882 bits per heavy atom. The molecule has 0 saturated heterocycles. The summed E-state index contributed by atoms with van der Waals surface area (Å²) in [7, 11) is 12.6. The first-order valence-electron chi connectivity index (χ1n) is 45.0. The molecular weight excluding hydrogens is 1590 g/mol. The van der Waals surface area contributed by atoms with E-state index < -0.39 is 0 Å². The second-order valence-corrected chi connectivity index (χ2v) is 35.4. The van der Waals surface area contributed by atoms with Gasteiger partial charge >= 0.3 is 0 Å². The number of hydrogen-bond acceptors (Lipinski definition) is 13. The van der Waals surface area contributed by atoms with E-state index in [0.29, 0.717) is 42.9 Å². The van der Waals surface area contributed by atoms with Crippen molar-refractivity contribution in [3.05, 3.63) is 374 Å². The molecule has 15 aromatic rings. The lowest BCUT2D eigenvalue weighted by atomic mass is 9.91. The van der Waals surface area contributed by atoms with Crippen molar-refractivity contribution in [3.8, 4) is 17.1 Å². The highest BCUT2D eigenvalue weighted by atomic mass is 35.5. The summed E-state index contributed by atoms with van der Waals surface area (Å²) in [4.78, 5) is 47.7. The van der Waals surface area contributed by atoms with Crippen LogP contribution >= 0.6 is 12.4 Å². The molecule has 3 saturated carbocycles. The maximum absolute atomic E-state index is 13.7. The van der Waals surface area contributed by atoms with Crippen molar-refractivity contribution in [2.75, 3.05) is 76.6 Å². The lowest BCUT2D eigenvalue weighted by molar-refractivity contribution is 0.0977. The van der Waals surface area contributed by atoms with Crippen LogP contribution in [0.25, 0.3) is 49.4 Å². The molecule has 650 valence electrons. The van der Waals surface area contributed by atoms with Crippen LogP contribution in [0, 0.1) is 38.5 Å². The molecule has 0 radical (unpaired) electrons. The monoisotopic (exact) mass is 1710 g/mol. The smallest absolute Gasteiger partial charge is 0.185 e. The maximum atomic E-state index is 13.7. The Kier molecular flexibility index (Phi) is 28.5. The largest absolute Gasteiger partial charge is 0.377 e. The summed E-state index contributed by atoms with van der Waals surface area (Å²) in [5.74, 6) is 2.41. The molecule has 3 atom stereocenters. The number of nitrogens with two attached hydrogens (primary N) is 1. The second kappa shape index (κ2) is 40.5. The molecule has 0 bridgehead atoms. The first-order valence-corrected chi connectivity index (χ1v) is 45.0. The predicted octanol–water partition coefficient (Wildman–Crippen LogP) is 21.7. The normalized spacial score (nSPS) is 13.7. The van der Waals surface area contributed by atoms with Crippen LogP contribution in [0.15, 0.2) is 273 Å². The van der Waals surface area contributed by atoms with Gasteiger partial charge in [-0.25, -0.2) is 14.0 Å². The number of halogens is 1. The van der Waals surface area contributed by atoms with E-state index in [2.05, 4.69) is 308 Å². The van der Waals surface area contributed by atoms with Crippen LogP contribution in [0.1, 0.15) is 186 Å². The zero-order valence-corrected chi connectivity index (χ0v) is 76.1. The topological polar surface area (TPSA) is 177 Å². The van der Waals surface area contributed by atoms with Gasteiger partial charge in [-0.05, 0) is 265 Å². The zero-order valence-electron chi connectivity index (χ0n) is 75.3. The molecule has 0 amide bonds. The summed E-state index contributed by atoms with van der Waals surface area (Å²) >= 11 is 0. The van der Waals surface area contributed by atoms with Crippen LogP contribution in [0.5, 0.6) is 0 Å². The molecule has 127 heavy (non-hydrogen) atoms. The number of aromatic nitrogens is 6. The highest BCUT2D eigenvalue weighted by Gasteiger charge is 2.31. The maximum Gasteiger partial charge on any atom is 0.185 e. The van der Waals surface area contributed by atoms with Crippen molar-refractivity contribution < 1.29 is 14.4 Å². The number of benzene rings is 12. The Labute approximate surface area is 755 Å². The minimum Gasteiger partial charge on any atom is -0.377 e. The van der Waals surface area contributed by atoms with Gasteiger partial charge in [0.1, 0.15) is 17.1 Å².